The Hall–Kier alpha value is -0.950. The molecule has 4 aliphatic carbocycles. The number of rotatable bonds is 11. The molecular formula is C22H36N2O4. The molecule has 0 radical (unpaired) electrons. The van der Waals surface area contributed by atoms with Crippen molar-refractivity contribution in [3.05, 3.63) is 18.5 Å². The Morgan fingerprint density at radius 3 is 2.21 bits per heavy atom. The molecule has 0 spiro atoms. The molecule has 158 valence electrons. The maximum absolute atomic E-state index is 8.71. The Morgan fingerprint density at radius 1 is 0.893 bits per heavy atom. The van der Waals surface area contributed by atoms with Crippen molar-refractivity contribution in [2.45, 2.75) is 64.5 Å². The molecule has 6 nitrogen and oxygen atoms in total. The van der Waals surface area contributed by atoms with Crippen LogP contribution in [-0.2, 0) is 20.8 Å². The second-order valence-electron chi connectivity index (χ2n) is 10.4. The topological polar surface area (TPSA) is 65.7 Å². The van der Waals surface area contributed by atoms with Crippen molar-refractivity contribution in [2.24, 2.45) is 16.2 Å². The van der Waals surface area contributed by atoms with Gasteiger partial charge in [-0.3, -0.25) is 4.68 Å². The van der Waals surface area contributed by atoms with Gasteiger partial charge < -0.3 is 19.3 Å². The molecule has 5 rings (SSSR count). The van der Waals surface area contributed by atoms with Crippen molar-refractivity contribution in [1.29, 1.82) is 0 Å². The normalized spacial score (nSPS) is 39.0. The number of aromatic nitrogens is 2. The quantitative estimate of drug-likeness (QED) is 0.587. The summed E-state index contributed by atoms with van der Waals surface area (Å²) < 4.78 is 19.6. The first-order valence-corrected chi connectivity index (χ1v) is 10.8. The average molecular weight is 393 g/mol. The van der Waals surface area contributed by atoms with Gasteiger partial charge in [0.05, 0.1) is 45.2 Å². The summed E-state index contributed by atoms with van der Waals surface area (Å²) in [6.45, 7) is 8.72. The van der Waals surface area contributed by atoms with E-state index in [-0.39, 0.29) is 12.2 Å². The lowest BCUT2D eigenvalue weighted by Crippen LogP contribution is -2.64. The molecule has 4 saturated carbocycles. The fourth-order valence-corrected chi connectivity index (χ4v) is 7.59. The molecule has 4 bridgehead atoms. The van der Waals surface area contributed by atoms with Gasteiger partial charge in [-0.05, 0) is 60.8 Å². The Balaban J connectivity index is 1.37. The molecule has 2 unspecified atom stereocenters. The van der Waals surface area contributed by atoms with Crippen LogP contribution in [0.5, 0.6) is 0 Å². The molecule has 28 heavy (non-hydrogen) atoms. The first-order chi connectivity index (χ1) is 13.4. The summed E-state index contributed by atoms with van der Waals surface area (Å²) in [5, 5.41) is 13.2. The zero-order valence-corrected chi connectivity index (χ0v) is 17.5. The fourth-order valence-electron chi connectivity index (χ4n) is 7.59. The standard InChI is InChI=1S/C22H36N2O4/c1-19-12-20(2)14-21(13-19,18-24-5-3-4-23-24)17-22(15-19,16-20)28-11-10-27-9-8-26-7-6-25/h3-5,25H,6-18H2,1-2H3. The largest absolute Gasteiger partial charge is 0.394 e. The van der Waals surface area contributed by atoms with E-state index < -0.39 is 0 Å². The first-order valence-electron chi connectivity index (χ1n) is 10.8. The van der Waals surface area contributed by atoms with Gasteiger partial charge in [0.15, 0.2) is 0 Å². The van der Waals surface area contributed by atoms with Gasteiger partial charge in [-0.15, -0.1) is 0 Å². The van der Waals surface area contributed by atoms with Gasteiger partial charge >= 0.3 is 0 Å². The lowest BCUT2D eigenvalue weighted by molar-refractivity contribution is -0.250. The average Bonchev–Trinajstić information content (AvgIpc) is 3.06. The lowest BCUT2D eigenvalue weighted by Gasteiger charge is -2.69. The molecule has 0 aliphatic heterocycles. The van der Waals surface area contributed by atoms with Crippen molar-refractivity contribution >= 4 is 0 Å². The van der Waals surface area contributed by atoms with E-state index in [0.717, 1.165) is 13.0 Å². The van der Waals surface area contributed by atoms with E-state index in [0.29, 0.717) is 49.3 Å². The minimum Gasteiger partial charge on any atom is -0.394 e. The minimum atomic E-state index is -0.0118. The predicted octanol–water partition coefficient (Wildman–Crippen LogP) is 3.04. The molecule has 1 N–H and O–H groups in total. The Bertz CT molecular complexity index is 629. The van der Waals surface area contributed by atoms with E-state index in [1.54, 1.807) is 0 Å². The van der Waals surface area contributed by atoms with Crippen LogP contribution in [0.3, 0.4) is 0 Å². The maximum atomic E-state index is 8.71. The fraction of sp³-hybridized carbons (Fsp3) is 0.864. The van der Waals surface area contributed by atoms with Gasteiger partial charge in [-0.2, -0.15) is 5.10 Å². The van der Waals surface area contributed by atoms with Crippen molar-refractivity contribution in [2.75, 3.05) is 39.6 Å². The van der Waals surface area contributed by atoms with E-state index >= 15 is 0 Å². The minimum absolute atomic E-state index is 0.0118. The van der Waals surface area contributed by atoms with Crippen LogP contribution in [0.2, 0.25) is 0 Å². The summed E-state index contributed by atoms with van der Waals surface area (Å²) in [6.07, 6.45) is 11.4. The first kappa shape index (κ1) is 20.3. The number of aliphatic hydroxyl groups excluding tert-OH is 1. The van der Waals surface area contributed by atoms with Gasteiger partial charge in [-0.25, -0.2) is 0 Å². The van der Waals surface area contributed by atoms with Gasteiger partial charge in [-0.1, -0.05) is 13.8 Å². The SMILES string of the molecule is CC12CC3(C)CC(Cn4cccn4)(C1)CC(OCCOCCOCCO)(C2)C3. The monoisotopic (exact) mass is 392 g/mol. The number of ether oxygens (including phenoxy) is 3. The van der Waals surface area contributed by atoms with Gasteiger partial charge in [0.1, 0.15) is 0 Å². The van der Waals surface area contributed by atoms with Crippen LogP contribution in [0.1, 0.15) is 52.4 Å². The third kappa shape index (κ3) is 4.30. The van der Waals surface area contributed by atoms with Crippen molar-refractivity contribution in [1.82, 2.24) is 9.78 Å². The van der Waals surface area contributed by atoms with Crippen LogP contribution >= 0.6 is 0 Å². The summed E-state index contributed by atoms with van der Waals surface area (Å²) in [4.78, 5) is 0. The van der Waals surface area contributed by atoms with Crippen molar-refractivity contribution in [3.63, 3.8) is 0 Å². The van der Waals surface area contributed by atoms with Crippen LogP contribution in [0.4, 0.5) is 0 Å². The summed E-state index contributed by atoms with van der Waals surface area (Å²) in [5.41, 5.74) is 1.02. The highest BCUT2D eigenvalue weighted by atomic mass is 16.6. The summed E-state index contributed by atoms with van der Waals surface area (Å²) >= 11 is 0. The third-order valence-electron chi connectivity index (χ3n) is 6.95. The van der Waals surface area contributed by atoms with Crippen LogP contribution in [0, 0.1) is 16.2 Å². The Labute approximate surface area is 168 Å². The molecule has 1 aromatic rings. The summed E-state index contributed by atoms with van der Waals surface area (Å²) in [5.74, 6) is 0. The zero-order chi connectivity index (χ0) is 19.7. The van der Waals surface area contributed by atoms with Crippen molar-refractivity contribution in [3.8, 4) is 0 Å². The second kappa shape index (κ2) is 7.71. The van der Waals surface area contributed by atoms with Gasteiger partial charge in [0.2, 0.25) is 0 Å². The molecule has 4 aliphatic rings. The lowest BCUT2D eigenvalue weighted by atomic mass is 9.39. The third-order valence-corrected chi connectivity index (χ3v) is 6.95. The van der Waals surface area contributed by atoms with Gasteiger partial charge in [0.25, 0.3) is 0 Å². The molecule has 0 aromatic carbocycles. The Morgan fingerprint density at radius 2 is 1.57 bits per heavy atom. The molecular weight excluding hydrogens is 356 g/mol. The van der Waals surface area contributed by atoms with E-state index in [2.05, 4.69) is 29.8 Å². The van der Waals surface area contributed by atoms with E-state index in [1.165, 1.54) is 32.1 Å². The van der Waals surface area contributed by atoms with Gasteiger partial charge in [0, 0.05) is 18.9 Å². The highest BCUT2D eigenvalue weighted by Crippen LogP contribution is 2.71. The van der Waals surface area contributed by atoms with Crippen LogP contribution in [-0.4, -0.2) is 60.1 Å². The molecule has 1 aromatic heterocycles. The zero-order valence-electron chi connectivity index (χ0n) is 17.5. The number of nitrogens with zero attached hydrogens (tertiary/aromatic N) is 2. The number of hydrogen-bond acceptors (Lipinski definition) is 5. The molecule has 6 heteroatoms. The highest BCUT2D eigenvalue weighted by Gasteiger charge is 2.66. The van der Waals surface area contributed by atoms with E-state index in [1.807, 2.05) is 12.3 Å². The van der Waals surface area contributed by atoms with E-state index in [4.69, 9.17) is 19.3 Å². The predicted molar refractivity (Wildman–Crippen MR) is 106 cm³/mol. The van der Waals surface area contributed by atoms with Crippen molar-refractivity contribution < 1.29 is 19.3 Å². The molecule has 2 atom stereocenters. The Kier molecular flexibility index (Phi) is 5.60. The summed E-state index contributed by atoms with van der Waals surface area (Å²) in [6, 6.07) is 2.03. The second-order valence-corrected chi connectivity index (χ2v) is 10.4. The number of hydrogen-bond donors (Lipinski definition) is 1. The highest BCUT2D eigenvalue weighted by molar-refractivity contribution is 5.16. The smallest absolute Gasteiger partial charge is 0.0708 e. The van der Waals surface area contributed by atoms with Crippen LogP contribution < -0.4 is 0 Å². The molecule has 4 fully saturated rings. The van der Waals surface area contributed by atoms with E-state index in [9.17, 15) is 0 Å². The molecule has 0 amide bonds. The maximum Gasteiger partial charge on any atom is 0.0708 e. The number of aliphatic hydroxyl groups is 1. The molecule has 0 saturated heterocycles. The van der Waals surface area contributed by atoms with Crippen LogP contribution in [0.15, 0.2) is 18.5 Å². The molecule has 1 heterocycles. The van der Waals surface area contributed by atoms with Crippen LogP contribution in [0.25, 0.3) is 0 Å². The summed E-state index contributed by atoms with van der Waals surface area (Å²) in [7, 11) is 0.